The highest BCUT2D eigenvalue weighted by atomic mass is 19.1. The molecule has 1 aromatic rings. The largest absolute Gasteiger partial charge is 0.339 e. The van der Waals surface area contributed by atoms with E-state index in [1.54, 1.807) is 17.0 Å². The summed E-state index contributed by atoms with van der Waals surface area (Å²) in [6, 6.07) is 6.60. The van der Waals surface area contributed by atoms with Gasteiger partial charge in [0, 0.05) is 38.6 Å². The molecule has 1 aromatic carbocycles. The van der Waals surface area contributed by atoms with Gasteiger partial charge in [-0.2, -0.15) is 0 Å². The number of nitrogens with one attached hydrogen (secondary N) is 1. The summed E-state index contributed by atoms with van der Waals surface area (Å²) >= 11 is 0. The number of nitrogens with zero attached hydrogens (tertiary/aromatic N) is 2. The van der Waals surface area contributed by atoms with Crippen molar-refractivity contribution in [3.05, 3.63) is 35.6 Å². The Labute approximate surface area is 135 Å². The summed E-state index contributed by atoms with van der Waals surface area (Å²) in [5.41, 5.74) is 0.960. The predicted octanol–water partition coefficient (Wildman–Crippen LogP) is 1.77. The number of rotatable bonds is 4. The van der Waals surface area contributed by atoms with Crippen LogP contribution in [0.2, 0.25) is 0 Å². The van der Waals surface area contributed by atoms with E-state index in [0.717, 1.165) is 18.4 Å². The van der Waals surface area contributed by atoms with Crippen molar-refractivity contribution in [3.8, 4) is 0 Å². The number of carbonyl (C=O) groups is 2. The molecule has 124 valence electrons. The standard InChI is InChI=1S/C17H22FN3O2/c18-14-4-1-13(2-5-14)3-8-16(22)20-9-11-21(12-10-20)17(23)19-15-6-7-15/h1-2,4-5,15H,3,6-12H2,(H,19,23). The zero-order valence-corrected chi connectivity index (χ0v) is 13.1. The molecule has 0 atom stereocenters. The van der Waals surface area contributed by atoms with Crippen molar-refractivity contribution in [3.63, 3.8) is 0 Å². The second-order valence-electron chi connectivity index (χ2n) is 6.22. The van der Waals surface area contributed by atoms with E-state index in [0.29, 0.717) is 45.1 Å². The first-order valence-corrected chi connectivity index (χ1v) is 8.19. The van der Waals surface area contributed by atoms with E-state index in [9.17, 15) is 14.0 Å². The normalized spacial score (nSPS) is 18.0. The SMILES string of the molecule is O=C(CCc1ccc(F)cc1)N1CCN(C(=O)NC2CC2)CC1. The van der Waals surface area contributed by atoms with Crippen molar-refractivity contribution in [2.24, 2.45) is 0 Å². The Morgan fingerprint density at radius 3 is 2.26 bits per heavy atom. The summed E-state index contributed by atoms with van der Waals surface area (Å²) in [7, 11) is 0. The first-order valence-electron chi connectivity index (χ1n) is 8.19. The molecule has 3 amide bonds. The van der Waals surface area contributed by atoms with Crippen molar-refractivity contribution < 1.29 is 14.0 Å². The molecule has 23 heavy (non-hydrogen) atoms. The zero-order chi connectivity index (χ0) is 16.2. The highest BCUT2D eigenvalue weighted by Crippen LogP contribution is 2.19. The van der Waals surface area contributed by atoms with E-state index >= 15 is 0 Å². The minimum atomic E-state index is -0.263. The molecule has 3 rings (SSSR count). The second-order valence-corrected chi connectivity index (χ2v) is 6.22. The predicted molar refractivity (Wildman–Crippen MR) is 84.4 cm³/mol. The van der Waals surface area contributed by atoms with Crippen molar-refractivity contribution in [2.45, 2.75) is 31.7 Å². The summed E-state index contributed by atoms with van der Waals surface area (Å²) < 4.78 is 12.8. The van der Waals surface area contributed by atoms with Crippen LogP contribution in [0.1, 0.15) is 24.8 Å². The number of halogens is 1. The fourth-order valence-electron chi connectivity index (χ4n) is 2.71. The molecule has 0 bridgehead atoms. The topological polar surface area (TPSA) is 52.7 Å². The van der Waals surface area contributed by atoms with Gasteiger partial charge in [0.25, 0.3) is 0 Å². The molecular weight excluding hydrogens is 297 g/mol. The number of hydrogen-bond donors (Lipinski definition) is 1. The van der Waals surface area contributed by atoms with Gasteiger partial charge in [-0.25, -0.2) is 9.18 Å². The minimum absolute atomic E-state index is 0.00842. The van der Waals surface area contributed by atoms with Crippen LogP contribution in [0.5, 0.6) is 0 Å². The van der Waals surface area contributed by atoms with E-state index in [-0.39, 0.29) is 17.8 Å². The fraction of sp³-hybridized carbons (Fsp3) is 0.529. The molecule has 1 aliphatic carbocycles. The zero-order valence-electron chi connectivity index (χ0n) is 13.1. The molecule has 2 aliphatic rings. The first-order chi connectivity index (χ1) is 11.1. The lowest BCUT2D eigenvalue weighted by Crippen LogP contribution is -2.53. The molecule has 0 radical (unpaired) electrons. The molecule has 1 N–H and O–H groups in total. The lowest BCUT2D eigenvalue weighted by atomic mass is 10.1. The van der Waals surface area contributed by atoms with Gasteiger partial charge in [-0.05, 0) is 37.0 Å². The Balaban J connectivity index is 1.40. The maximum atomic E-state index is 12.8. The van der Waals surface area contributed by atoms with Gasteiger partial charge in [0.2, 0.25) is 5.91 Å². The number of urea groups is 1. The van der Waals surface area contributed by atoms with E-state index < -0.39 is 0 Å². The second kappa shape index (κ2) is 6.98. The summed E-state index contributed by atoms with van der Waals surface area (Å²) in [6.45, 7) is 2.34. The van der Waals surface area contributed by atoms with E-state index in [4.69, 9.17) is 0 Å². The average Bonchev–Trinajstić information content (AvgIpc) is 3.38. The number of piperazine rings is 1. The van der Waals surface area contributed by atoms with E-state index in [1.165, 1.54) is 12.1 Å². The van der Waals surface area contributed by atoms with Crippen LogP contribution in [-0.2, 0) is 11.2 Å². The number of amides is 3. The number of aryl methyl sites for hydroxylation is 1. The van der Waals surface area contributed by atoms with Crippen LogP contribution in [0.3, 0.4) is 0 Å². The van der Waals surface area contributed by atoms with E-state index in [2.05, 4.69) is 5.32 Å². The van der Waals surface area contributed by atoms with Crippen LogP contribution in [0, 0.1) is 5.82 Å². The first kappa shape index (κ1) is 15.8. The van der Waals surface area contributed by atoms with Crippen molar-refractivity contribution in [2.75, 3.05) is 26.2 Å². The number of hydrogen-bond acceptors (Lipinski definition) is 2. The van der Waals surface area contributed by atoms with Crippen LogP contribution in [0.4, 0.5) is 9.18 Å². The third-order valence-electron chi connectivity index (χ3n) is 4.37. The Kier molecular flexibility index (Phi) is 4.79. The van der Waals surface area contributed by atoms with Crippen molar-refractivity contribution in [1.29, 1.82) is 0 Å². The minimum Gasteiger partial charge on any atom is -0.339 e. The van der Waals surface area contributed by atoms with Crippen LogP contribution < -0.4 is 5.32 Å². The molecule has 0 unspecified atom stereocenters. The van der Waals surface area contributed by atoms with Gasteiger partial charge in [0.15, 0.2) is 0 Å². The number of benzene rings is 1. The van der Waals surface area contributed by atoms with Gasteiger partial charge in [-0.15, -0.1) is 0 Å². The summed E-state index contributed by atoms with van der Waals surface area (Å²) in [6.07, 6.45) is 3.18. The lowest BCUT2D eigenvalue weighted by Gasteiger charge is -2.34. The highest BCUT2D eigenvalue weighted by molar-refractivity contribution is 5.78. The van der Waals surface area contributed by atoms with Gasteiger partial charge in [-0.1, -0.05) is 12.1 Å². The molecule has 6 heteroatoms. The molecule has 1 saturated carbocycles. The highest BCUT2D eigenvalue weighted by Gasteiger charge is 2.28. The van der Waals surface area contributed by atoms with Crippen LogP contribution >= 0.6 is 0 Å². The van der Waals surface area contributed by atoms with E-state index in [1.807, 2.05) is 4.90 Å². The molecule has 1 heterocycles. The Bertz CT molecular complexity index is 564. The average molecular weight is 319 g/mol. The third kappa shape index (κ3) is 4.43. The summed E-state index contributed by atoms with van der Waals surface area (Å²) in [4.78, 5) is 27.8. The van der Waals surface area contributed by atoms with Crippen LogP contribution in [0.15, 0.2) is 24.3 Å². The molecule has 1 aliphatic heterocycles. The van der Waals surface area contributed by atoms with Crippen molar-refractivity contribution >= 4 is 11.9 Å². The monoisotopic (exact) mass is 319 g/mol. The van der Waals surface area contributed by atoms with Gasteiger partial charge in [0.05, 0.1) is 0 Å². The van der Waals surface area contributed by atoms with Gasteiger partial charge in [-0.3, -0.25) is 4.79 Å². The summed E-state index contributed by atoms with van der Waals surface area (Å²) in [5.74, 6) is -0.169. The maximum Gasteiger partial charge on any atom is 0.317 e. The van der Waals surface area contributed by atoms with Crippen LogP contribution in [0.25, 0.3) is 0 Å². The van der Waals surface area contributed by atoms with Crippen molar-refractivity contribution in [1.82, 2.24) is 15.1 Å². The number of carbonyl (C=O) groups excluding carboxylic acids is 2. The fourth-order valence-corrected chi connectivity index (χ4v) is 2.71. The maximum absolute atomic E-state index is 12.8. The molecule has 1 saturated heterocycles. The summed E-state index contributed by atoms with van der Waals surface area (Å²) in [5, 5.41) is 2.97. The smallest absolute Gasteiger partial charge is 0.317 e. The third-order valence-corrected chi connectivity index (χ3v) is 4.37. The van der Waals surface area contributed by atoms with Crippen LogP contribution in [-0.4, -0.2) is 54.0 Å². The van der Waals surface area contributed by atoms with Gasteiger partial charge >= 0.3 is 6.03 Å². The molecule has 0 aromatic heterocycles. The Hall–Kier alpha value is -2.11. The van der Waals surface area contributed by atoms with Gasteiger partial charge in [0.1, 0.15) is 5.82 Å². The molecule has 5 nitrogen and oxygen atoms in total. The molecular formula is C17H22FN3O2. The quantitative estimate of drug-likeness (QED) is 0.920. The lowest BCUT2D eigenvalue weighted by molar-refractivity contribution is -0.132. The van der Waals surface area contributed by atoms with Gasteiger partial charge < -0.3 is 15.1 Å². The Morgan fingerprint density at radius 1 is 1.04 bits per heavy atom. The molecule has 0 spiro atoms. The Morgan fingerprint density at radius 2 is 1.65 bits per heavy atom. The molecule has 2 fully saturated rings.